The van der Waals surface area contributed by atoms with Crippen LogP contribution in [0, 0.1) is 0 Å². The van der Waals surface area contributed by atoms with Crippen molar-refractivity contribution in [1.29, 1.82) is 0 Å². The van der Waals surface area contributed by atoms with Gasteiger partial charge < -0.3 is 5.11 Å². The van der Waals surface area contributed by atoms with Gasteiger partial charge in [-0.1, -0.05) is 41.7 Å². The van der Waals surface area contributed by atoms with Crippen molar-refractivity contribution in [1.82, 2.24) is 14.6 Å². The molecule has 0 saturated carbocycles. The molecule has 0 saturated heterocycles. The highest BCUT2D eigenvalue weighted by molar-refractivity contribution is 7.14. The van der Waals surface area contributed by atoms with Crippen LogP contribution in [0.3, 0.4) is 0 Å². The number of imidazole rings is 1. The van der Waals surface area contributed by atoms with E-state index in [1.165, 1.54) is 15.9 Å². The Bertz CT molecular complexity index is 687. The Hall–Kier alpha value is -2.21. The molecule has 0 radical (unpaired) electrons. The lowest BCUT2D eigenvalue weighted by molar-refractivity contribution is 0.0689. The molecule has 1 aromatic carbocycles. The number of aromatic nitrogens is 3. The van der Waals surface area contributed by atoms with Crippen LogP contribution in [0.15, 0.2) is 35.8 Å². The Morgan fingerprint density at radius 2 is 2.06 bits per heavy atom. The zero-order valence-electron chi connectivity index (χ0n) is 8.57. The first kappa shape index (κ1) is 9.98. The van der Waals surface area contributed by atoms with Crippen LogP contribution in [0.4, 0.5) is 0 Å². The number of rotatable bonds is 2. The van der Waals surface area contributed by atoms with Gasteiger partial charge in [0.05, 0.1) is 0 Å². The summed E-state index contributed by atoms with van der Waals surface area (Å²) in [5.74, 6) is -1.03. The molecule has 3 rings (SSSR count). The number of aromatic carboxylic acids is 1. The SMILES string of the molecule is O=C(O)c1c(-c2ccccc2)nc2scnn12. The van der Waals surface area contributed by atoms with Gasteiger partial charge in [-0.3, -0.25) is 0 Å². The van der Waals surface area contributed by atoms with Gasteiger partial charge in [0.1, 0.15) is 11.2 Å². The zero-order valence-corrected chi connectivity index (χ0v) is 9.39. The largest absolute Gasteiger partial charge is 0.476 e. The maximum atomic E-state index is 11.3. The van der Waals surface area contributed by atoms with Crippen molar-refractivity contribution in [3.63, 3.8) is 0 Å². The summed E-state index contributed by atoms with van der Waals surface area (Å²) in [5.41, 5.74) is 2.91. The predicted octanol–water partition coefficient (Wildman–Crippen LogP) is 2.16. The second-order valence-corrected chi connectivity index (χ2v) is 4.22. The number of carboxylic acids is 1. The molecule has 6 heteroatoms. The van der Waals surface area contributed by atoms with E-state index in [2.05, 4.69) is 10.1 Å². The van der Waals surface area contributed by atoms with Crippen LogP contribution < -0.4 is 0 Å². The molecule has 0 bridgehead atoms. The van der Waals surface area contributed by atoms with Gasteiger partial charge in [0.2, 0.25) is 4.96 Å². The average Bonchev–Trinajstić information content (AvgIpc) is 2.88. The van der Waals surface area contributed by atoms with Crippen molar-refractivity contribution in [2.24, 2.45) is 0 Å². The number of carboxylic acid groups (broad SMARTS) is 1. The van der Waals surface area contributed by atoms with E-state index in [0.717, 1.165) is 5.56 Å². The van der Waals surface area contributed by atoms with Gasteiger partial charge in [-0.2, -0.15) is 9.61 Å². The molecule has 2 heterocycles. The number of hydrogen-bond donors (Lipinski definition) is 1. The first-order chi connectivity index (χ1) is 8.27. The van der Waals surface area contributed by atoms with Crippen molar-refractivity contribution in [2.45, 2.75) is 0 Å². The summed E-state index contributed by atoms with van der Waals surface area (Å²) in [5, 5.41) is 13.2. The standard InChI is InChI=1S/C11H7N3O2S/c15-10(16)9-8(7-4-2-1-3-5-7)13-11-14(9)12-6-17-11/h1-6H,(H,15,16). The Morgan fingerprint density at radius 3 is 2.76 bits per heavy atom. The van der Waals surface area contributed by atoms with Crippen LogP contribution >= 0.6 is 11.3 Å². The monoisotopic (exact) mass is 245 g/mol. The third kappa shape index (κ3) is 1.50. The van der Waals surface area contributed by atoms with Crippen molar-refractivity contribution in [3.05, 3.63) is 41.5 Å². The minimum absolute atomic E-state index is 0.104. The van der Waals surface area contributed by atoms with Crippen LogP contribution in [0.5, 0.6) is 0 Å². The summed E-state index contributed by atoms with van der Waals surface area (Å²) in [6, 6.07) is 9.24. The minimum atomic E-state index is -1.03. The van der Waals surface area contributed by atoms with E-state index in [9.17, 15) is 9.90 Å². The molecule has 0 aliphatic carbocycles. The van der Waals surface area contributed by atoms with E-state index in [-0.39, 0.29) is 5.69 Å². The van der Waals surface area contributed by atoms with Crippen LogP contribution in [0.1, 0.15) is 10.5 Å². The van der Waals surface area contributed by atoms with E-state index in [1.807, 2.05) is 30.3 Å². The number of fused-ring (bicyclic) bond motifs is 1. The van der Waals surface area contributed by atoms with Gasteiger partial charge >= 0.3 is 5.97 Å². The van der Waals surface area contributed by atoms with Gasteiger partial charge in [0, 0.05) is 5.56 Å². The third-order valence-corrected chi connectivity index (χ3v) is 3.07. The van der Waals surface area contributed by atoms with E-state index in [1.54, 1.807) is 5.51 Å². The minimum Gasteiger partial charge on any atom is -0.476 e. The van der Waals surface area contributed by atoms with E-state index in [0.29, 0.717) is 10.7 Å². The fraction of sp³-hybridized carbons (Fsp3) is 0. The van der Waals surface area contributed by atoms with Crippen molar-refractivity contribution in [3.8, 4) is 11.3 Å². The fourth-order valence-electron chi connectivity index (χ4n) is 1.68. The number of benzene rings is 1. The highest BCUT2D eigenvalue weighted by atomic mass is 32.1. The number of hydrogen-bond acceptors (Lipinski definition) is 4. The fourth-order valence-corrected chi connectivity index (χ4v) is 2.30. The molecule has 17 heavy (non-hydrogen) atoms. The van der Waals surface area contributed by atoms with Gasteiger partial charge in [-0.05, 0) is 0 Å². The van der Waals surface area contributed by atoms with Crippen LogP contribution in [-0.4, -0.2) is 25.7 Å². The lowest BCUT2D eigenvalue weighted by atomic mass is 10.1. The van der Waals surface area contributed by atoms with E-state index >= 15 is 0 Å². The van der Waals surface area contributed by atoms with Crippen molar-refractivity contribution < 1.29 is 9.90 Å². The summed E-state index contributed by atoms with van der Waals surface area (Å²) >= 11 is 1.31. The molecule has 5 nitrogen and oxygen atoms in total. The molecule has 2 aromatic heterocycles. The second kappa shape index (κ2) is 3.67. The zero-order chi connectivity index (χ0) is 11.8. The summed E-state index contributed by atoms with van der Waals surface area (Å²) in [7, 11) is 0. The molecular weight excluding hydrogens is 238 g/mol. The Morgan fingerprint density at radius 1 is 1.29 bits per heavy atom. The van der Waals surface area contributed by atoms with Gasteiger partial charge in [-0.25, -0.2) is 9.78 Å². The van der Waals surface area contributed by atoms with Crippen LogP contribution in [0.25, 0.3) is 16.2 Å². The summed E-state index contributed by atoms with van der Waals surface area (Å²) in [4.78, 5) is 16.2. The van der Waals surface area contributed by atoms with Crippen molar-refractivity contribution in [2.75, 3.05) is 0 Å². The lowest BCUT2D eigenvalue weighted by Gasteiger charge is -1.98. The Kier molecular flexibility index (Phi) is 2.15. The number of nitrogens with zero attached hydrogens (tertiary/aromatic N) is 3. The highest BCUT2D eigenvalue weighted by Gasteiger charge is 2.21. The first-order valence-corrected chi connectivity index (χ1v) is 5.76. The quantitative estimate of drug-likeness (QED) is 0.751. The summed E-state index contributed by atoms with van der Waals surface area (Å²) in [6.07, 6.45) is 0. The molecule has 0 spiro atoms. The topological polar surface area (TPSA) is 67.5 Å². The normalized spacial score (nSPS) is 10.8. The summed E-state index contributed by atoms with van der Waals surface area (Å²) in [6.45, 7) is 0. The smallest absolute Gasteiger partial charge is 0.356 e. The summed E-state index contributed by atoms with van der Waals surface area (Å²) < 4.78 is 1.36. The molecule has 0 aliphatic rings. The maximum Gasteiger partial charge on any atom is 0.356 e. The second-order valence-electron chi connectivity index (χ2n) is 3.41. The Labute approximate surface area is 100.0 Å². The average molecular weight is 245 g/mol. The van der Waals surface area contributed by atoms with Gasteiger partial charge in [0.25, 0.3) is 0 Å². The Balaban J connectivity index is 2.33. The highest BCUT2D eigenvalue weighted by Crippen LogP contribution is 2.25. The van der Waals surface area contributed by atoms with Crippen LogP contribution in [0.2, 0.25) is 0 Å². The lowest BCUT2D eigenvalue weighted by Crippen LogP contribution is -2.04. The van der Waals surface area contributed by atoms with Gasteiger partial charge in [-0.15, -0.1) is 0 Å². The predicted molar refractivity (Wildman–Crippen MR) is 63.3 cm³/mol. The molecular formula is C11H7N3O2S. The number of carbonyl (C=O) groups is 1. The van der Waals surface area contributed by atoms with Gasteiger partial charge in [0.15, 0.2) is 5.69 Å². The third-order valence-electron chi connectivity index (χ3n) is 2.40. The molecule has 0 fully saturated rings. The molecule has 0 aliphatic heterocycles. The molecule has 84 valence electrons. The molecule has 3 aromatic rings. The maximum absolute atomic E-state index is 11.3. The molecule has 0 unspecified atom stereocenters. The van der Waals surface area contributed by atoms with E-state index in [4.69, 9.17) is 0 Å². The molecule has 1 N–H and O–H groups in total. The van der Waals surface area contributed by atoms with Crippen LogP contribution in [-0.2, 0) is 0 Å². The molecule has 0 amide bonds. The van der Waals surface area contributed by atoms with Crippen molar-refractivity contribution >= 4 is 22.3 Å². The van der Waals surface area contributed by atoms with E-state index < -0.39 is 5.97 Å². The first-order valence-electron chi connectivity index (χ1n) is 4.88. The molecule has 0 atom stereocenters.